The van der Waals surface area contributed by atoms with Crippen LogP contribution in [0.3, 0.4) is 0 Å². The number of nitrogens with two attached hydrogens (primary N) is 1. The number of oxazole rings is 1. The molecule has 0 atom stereocenters. The fourth-order valence-corrected chi connectivity index (χ4v) is 2.09. The monoisotopic (exact) mass is 286 g/mol. The minimum Gasteiger partial charge on any atom is -0.468 e. The molecule has 0 unspecified atom stereocenters. The molecule has 0 fully saturated rings. The van der Waals surface area contributed by atoms with Crippen LogP contribution in [0.25, 0.3) is 11.1 Å². The molecule has 1 aromatic carbocycles. The van der Waals surface area contributed by atoms with Gasteiger partial charge in [-0.1, -0.05) is 0 Å². The molecule has 0 aliphatic carbocycles. The van der Waals surface area contributed by atoms with Crippen LogP contribution in [0.1, 0.15) is 11.6 Å². The number of ether oxygens (including phenoxy) is 1. The van der Waals surface area contributed by atoms with Gasteiger partial charge in [-0.15, -0.1) is 0 Å². The molecule has 0 saturated carbocycles. The largest absolute Gasteiger partial charge is 0.468 e. The molecule has 3 rings (SSSR count). The molecule has 108 valence electrons. The maximum absolute atomic E-state index is 12.0. The first-order valence-corrected chi connectivity index (χ1v) is 6.34. The maximum atomic E-state index is 12.0. The third-order valence-corrected chi connectivity index (χ3v) is 3.03. The normalized spacial score (nSPS) is 11.0. The maximum Gasteiger partial charge on any atom is 0.299 e. The van der Waals surface area contributed by atoms with Gasteiger partial charge in [0.25, 0.3) is 11.6 Å². The number of aryl methyl sites for hydroxylation is 1. The highest BCUT2D eigenvalue weighted by Crippen LogP contribution is 2.19. The van der Waals surface area contributed by atoms with Gasteiger partial charge in [-0.05, 0) is 19.1 Å². The molecular formula is C14H14N4O3. The van der Waals surface area contributed by atoms with E-state index in [1.165, 1.54) is 17.7 Å². The van der Waals surface area contributed by atoms with Gasteiger partial charge < -0.3 is 14.9 Å². The Morgan fingerprint density at radius 2 is 2.14 bits per heavy atom. The fraction of sp³-hybridized carbons (Fsp3) is 0.214. The summed E-state index contributed by atoms with van der Waals surface area (Å²) in [5.74, 6) is 0.390. The first-order chi connectivity index (χ1) is 10.1. The topological polar surface area (TPSA) is 96.2 Å². The predicted octanol–water partition coefficient (Wildman–Crippen LogP) is 1.33. The Bertz CT molecular complexity index is 866. The first kappa shape index (κ1) is 13.2. The highest BCUT2D eigenvalue weighted by molar-refractivity contribution is 5.76. The van der Waals surface area contributed by atoms with E-state index in [1.807, 2.05) is 0 Å². The number of hydrogen-bond acceptors (Lipinski definition) is 6. The van der Waals surface area contributed by atoms with Gasteiger partial charge >= 0.3 is 0 Å². The van der Waals surface area contributed by atoms with Gasteiger partial charge in [0, 0.05) is 23.5 Å². The molecule has 0 saturated heterocycles. The van der Waals surface area contributed by atoms with Crippen molar-refractivity contribution in [3.63, 3.8) is 0 Å². The van der Waals surface area contributed by atoms with E-state index in [4.69, 9.17) is 14.9 Å². The van der Waals surface area contributed by atoms with Crippen LogP contribution in [-0.2, 0) is 6.54 Å². The Kier molecular flexibility index (Phi) is 3.09. The van der Waals surface area contributed by atoms with Gasteiger partial charge in [0.1, 0.15) is 12.1 Å². The van der Waals surface area contributed by atoms with Gasteiger partial charge in [-0.3, -0.25) is 9.36 Å². The number of nitrogens with zero attached hydrogens (tertiary/aromatic N) is 3. The van der Waals surface area contributed by atoms with E-state index in [1.54, 1.807) is 25.1 Å². The zero-order valence-electron chi connectivity index (χ0n) is 11.7. The second-order valence-corrected chi connectivity index (χ2v) is 4.64. The van der Waals surface area contributed by atoms with Gasteiger partial charge in [0.2, 0.25) is 5.89 Å². The lowest BCUT2D eigenvalue weighted by molar-refractivity contribution is 0.342. The SMILES string of the molecule is COc1nc(C)cc(=O)n1Cc1nc2ccc(N)cc2o1. The Labute approximate surface area is 120 Å². The predicted molar refractivity (Wildman–Crippen MR) is 77.3 cm³/mol. The van der Waals surface area contributed by atoms with E-state index in [0.717, 1.165) is 0 Å². The summed E-state index contributed by atoms with van der Waals surface area (Å²) in [6, 6.07) is 6.87. The van der Waals surface area contributed by atoms with E-state index < -0.39 is 0 Å². The molecule has 0 bridgehead atoms. The first-order valence-electron chi connectivity index (χ1n) is 6.34. The molecule has 0 aliphatic rings. The molecule has 0 spiro atoms. The van der Waals surface area contributed by atoms with E-state index in [2.05, 4.69) is 9.97 Å². The van der Waals surface area contributed by atoms with E-state index in [0.29, 0.717) is 28.4 Å². The lowest BCUT2D eigenvalue weighted by atomic mass is 10.3. The highest BCUT2D eigenvalue weighted by atomic mass is 16.5. The number of fused-ring (bicyclic) bond motifs is 1. The Morgan fingerprint density at radius 3 is 2.90 bits per heavy atom. The molecule has 3 aromatic rings. The van der Waals surface area contributed by atoms with Gasteiger partial charge in [-0.25, -0.2) is 9.97 Å². The number of methoxy groups -OCH3 is 1. The average molecular weight is 286 g/mol. The van der Waals surface area contributed by atoms with Crippen LogP contribution in [0.4, 0.5) is 5.69 Å². The van der Waals surface area contributed by atoms with Gasteiger partial charge in [0.15, 0.2) is 5.58 Å². The molecule has 0 radical (unpaired) electrons. The molecule has 0 amide bonds. The minimum atomic E-state index is -0.221. The molecule has 7 nitrogen and oxygen atoms in total. The second-order valence-electron chi connectivity index (χ2n) is 4.64. The van der Waals surface area contributed by atoms with Crippen molar-refractivity contribution < 1.29 is 9.15 Å². The van der Waals surface area contributed by atoms with Gasteiger partial charge in [0.05, 0.1) is 7.11 Å². The van der Waals surface area contributed by atoms with Crippen molar-refractivity contribution in [2.45, 2.75) is 13.5 Å². The summed E-state index contributed by atoms with van der Waals surface area (Å²) < 4.78 is 12.1. The van der Waals surface area contributed by atoms with Crippen molar-refractivity contribution >= 4 is 16.8 Å². The molecular weight excluding hydrogens is 272 g/mol. The smallest absolute Gasteiger partial charge is 0.299 e. The van der Waals surface area contributed by atoms with E-state index in [9.17, 15) is 4.79 Å². The van der Waals surface area contributed by atoms with Crippen molar-refractivity contribution in [3.05, 3.63) is 46.2 Å². The quantitative estimate of drug-likeness (QED) is 0.730. The number of benzene rings is 1. The average Bonchev–Trinajstić information content (AvgIpc) is 2.83. The lowest BCUT2D eigenvalue weighted by Crippen LogP contribution is -2.23. The minimum absolute atomic E-state index is 0.143. The second kappa shape index (κ2) is 4.93. The lowest BCUT2D eigenvalue weighted by Gasteiger charge is -2.08. The molecule has 2 heterocycles. The van der Waals surface area contributed by atoms with Crippen LogP contribution in [0, 0.1) is 6.92 Å². The molecule has 2 N–H and O–H groups in total. The van der Waals surface area contributed by atoms with Crippen LogP contribution in [0.5, 0.6) is 6.01 Å². The molecule has 7 heteroatoms. The van der Waals surface area contributed by atoms with Crippen molar-refractivity contribution in [2.75, 3.05) is 12.8 Å². The summed E-state index contributed by atoms with van der Waals surface area (Å²) in [7, 11) is 1.46. The molecule has 21 heavy (non-hydrogen) atoms. The molecule has 2 aromatic heterocycles. The summed E-state index contributed by atoms with van der Waals surface area (Å²) in [6.45, 7) is 1.88. The van der Waals surface area contributed by atoms with Crippen LogP contribution in [0.2, 0.25) is 0 Å². The van der Waals surface area contributed by atoms with E-state index >= 15 is 0 Å². The summed E-state index contributed by atoms with van der Waals surface area (Å²) in [5.41, 5.74) is 7.94. The summed E-state index contributed by atoms with van der Waals surface area (Å²) in [5, 5.41) is 0. The summed E-state index contributed by atoms with van der Waals surface area (Å²) in [4.78, 5) is 20.5. The third-order valence-electron chi connectivity index (χ3n) is 3.03. The van der Waals surface area contributed by atoms with Gasteiger partial charge in [-0.2, -0.15) is 0 Å². The number of aromatic nitrogens is 3. The Hall–Kier alpha value is -2.83. The third kappa shape index (κ3) is 2.45. The molecule has 0 aliphatic heterocycles. The number of hydrogen-bond donors (Lipinski definition) is 1. The standard InChI is InChI=1S/C14H14N4O3/c1-8-5-13(19)18(14(16-8)20-2)7-12-17-10-4-3-9(15)6-11(10)21-12/h3-6H,7,15H2,1-2H3. The van der Waals surface area contributed by atoms with E-state index in [-0.39, 0.29) is 18.1 Å². The van der Waals surface area contributed by atoms with Crippen LogP contribution >= 0.6 is 0 Å². The zero-order valence-corrected chi connectivity index (χ0v) is 11.7. The highest BCUT2D eigenvalue weighted by Gasteiger charge is 2.12. The van der Waals surface area contributed by atoms with Crippen LogP contribution in [-0.4, -0.2) is 21.6 Å². The van der Waals surface area contributed by atoms with Crippen molar-refractivity contribution in [3.8, 4) is 6.01 Å². The summed E-state index contributed by atoms with van der Waals surface area (Å²) >= 11 is 0. The van der Waals surface area contributed by atoms with Crippen LogP contribution in [0.15, 0.2) is 33.5 Å². The van der Waals surface area contributed by atoms with Crippen molar-refractivity contribution in [2.24, 2.45) is 0 Å². The number of nitrogen functional groups attached to an aromatic ring is 1. The summed E-state index contributed by atoms with van der Waals surface area (Å²) in [6.07, 6.45) is 0. The zero-order chi connectivity index (χ0) is 15.0. The van der Waals surface area contributed by atoms with Crippen molar-refractivity contribution in [1.29, 1.82) is 0 Å². The number of anilines is 1. The van der Waals surface area contributed by atoms with Crippen LogP contribution < -0.4 is 16.0 Å². The fourth-order valence-electron chi connectivity index (χ4n) is 2.09. The Morgan fingerprint density at radius 1 is 1.33 bits per heavy atom. The number of rotatable bonds is 3. The Balaban J connectivity index is 2.04. The van der Waals surface area contributed by atoms with Crippen molar-refractivity contribution in [1.82, 2.24) is 14.5 Å².